The summed E-state index contributed by atoms with van der Waals surface area (Å²) in [5.41, 5.74) is 4.29. The molecule has 2 N–H and O–H groups in total. The van der Waals surface area contributed by atoms with E-state index in [9.17, 15) is 9.18 Å². The van der Waals surface area contributed by atoms with Gasteiger partial charge in [0.1, 0.15) is 5.82 Å². The Morgan fingerprint density at radius 3 is 2.86 bits per heavy atom. The quantitative estimate of drug-likeness (QED) is 0.674. The van der Waals surface area contributed by atoms with Crippen LogP contribution >= 0.6 is 11.6 Å². The fourth-order valence-electron chi connectivity index (χ4n) is 2.72. The zero-order valence-corrected chi connectivity index (χ0v) is 12.4. The summed E-state index contributed by atoms with van der Waals surface area (Å²) >= 11 is 5.99. The standard InChI is InChI=1S/C16H14ClFN2O2/c17-12-2-4-15-11(8-12)5-6-20(15)9-10-1-3-13(14(18)7-10)16(21)19-22/h1-4,7-8,22H,5-6,9H2,(H,19,21). The molecule has 0 radical (unpaired) electrons. The molecule has 0 saturated heterocycles. The number of carbonyl (C=O) groups excluding carboxylic acids is 1. The predicted molar refractivity (Wildman–Crippen MR) is 81.9 cm³/mol. The van der Waals surface area contributed by atoms with Crippen molar-refractivity contribution in [3.63, 3.8) is 0 Å². The normalized spacial score (nSPS) is 13.1. The number of hydroxylamine groups is 1. The van der Waals surface area contributed by atoms with E-state index in [-0.39, 0.29) is 5.56 Å². The zero-order chi connectivity index (χ0) is 15.7. The lowest BCUT2D eigenvalue weighted by atomic mass is 10.1. The van der Waals surface area contributed by atoms with Crippen molar-refractivity contribution in [2.75, 3.05) is 11.4 Å². The molecule has 0 bridgehead atoms. The highest BCUT2D eigenvalue weighted by molar-refractivity contribution is 6.30. The molecule has 0 spiro atoms. The third-order valence-corrected chi connectivity index (χ3v) is 4.02. The Labute approximate surface area is 132 Å². The van der Waals surface area contributed by atoms with Crippen LogP contribution in [-0.2, 0) is 13.0 Å². The first-order valence-electron chi connectivity index (χ1n) is 6.84. The molecule has 1 amide bonds. The van der Waals surface area contributed by atoms with E-state index in [2.05, 4.69) is 4.90 Å². The number of nitrogens with one attached hydrogen (secondary N) is 1. The zero-order valence-electron chi connectivity index (χ0n) is 11.6. The summed E-state index contributed by atoms with van der Waals surface area (Å²) < 4.78 is 13.9. The molecule has 0 aromatic heterocycles. The number of nitrogens with zero attached hydrogens (tertiary/aromatic N) is 1. The van der Waals surface area contributed by atoms with Gasteiger partial charge in [-0.2, -0.15) is 0 Å². The van der Waals surface area contributed by atoms with Crippen molar-refractivity contribution in [3.8, 4) is 0 Å². The van der Waals surface area contributed by atoms with Gasteiger partial charge in [-0.05, 0) is 47.9 Å². The van der Waals surface area contributed by atoms with E-state index in [1.54, 1.807) is 6.07 Å². The number of hydrogen-bond acceptors (Lipinski definition) is 3. The van der Waals surface area contributed by atoms with E-state index >= 15 is 0 Å². The minimum absolute atomic E-state index is 0.181. The summed E-state index contributed by atoms with van der Waals surface area (Å²) in [6.45, 7) is 1.39. The number of fused-ring (bicyclic) bond motifs is 1. The van der Waals surface area contributed by atoms with Gasteiger partial charge in [0, 0.05) is 23.8 Å². The minimum atomic E-state index is -0.856. The van der Waals surface area contributed by atoms with Gasteiger partial charge in [0.05, 0.1) is 5.56 Å². The number of amides is 1. The summed E-state index contributed by atoms with van der Waals surface area (Å²) in [6.07, 6.45) is 0.906. The van der Waals surface area contributed by atoms with Gasteiger partial charge >= 0.3 is 0 Å². The molecule has 4 nitrogen and oxygen atoms in total. The number of halogens is 2. The van der Waals surface area contributed by atoms with Crippen LogP contribution in [0, 0.1) is 5.82 Å². The smallest absolute Gasteiger partial charge is 0.277 e. The first kappa shape index (κ1) is 14.8. The number of anilines is 1. The lowest BCUT2D eigenvalue weighted by Gasteiger charge is -2.19. The van der Waals surface area contributed by atoms with E-state index in [1.165, 1.54) is 23.2 Å². The van der Waals surface area contributed by atoms with Crippen LogP contribution in [0.3, 0.4) is 0 Å². The molecule has 2 aromatic carbocycles. The van der Waals surface area contributed by atoms with Gasteiger partial charge in [0.15, 0.2) is 0 Å². The molecule has 0 aliphatic carbocycles. The maximum atomic E-state index is 13.9. The molecular weight excluding hydrogens is 307 g/mol. The molecular formula is C16H14ClFN2O2. The van der Waals surface area contributed by atoms with Crippen LogP contribution in [0.1, 0.15) is 21.5 Å². The van der Waals surface area contributed by atoms with Crippen LogP contribution in [-0.4, -0.2) is 17.7 Å². The van der Waals surface area contributed by atoms with Crippen molar-refractivity contribution in [2.45, 2.75) is 13.0 Å². The average Bonchev–Trinajstić information content (AvgIpc) is 2.89. The van der Waals surface area contributed by atoms with Gasteiger partial charge in [-0.3, -0.25) is 10.0 Å². The highest BCUT2D eigenvalue weighted by atomic mass is 35.5. The van der Waals surface area contributed by atoms with Crippen LogP contribution in [0.4, 0.5) is 10.1 Å². The Bertz CT molecular complexity index is 736. The summed E-state index contributed by atoms with van der Waals surface area (Å²) in [6, 6.07) is 10.1. The largest absolute Gasteiger partial charge is 0.367 e. The molecule has 114 valence electrons. The van der Waals surface area contributed by atoms with Gasteiger partial charge in [0.2, 0.25) is 0 Å². The van der Waals surface area contributed by atoms with Crippen molar-refractivity contribution in [1.29, 1.82) is 0 Å². The van der Waals surface area contributed by atoms with Crippen molar-refractivity contribution in [3.05, 3.63) is 63.9 Å². The van der Waals surface area contributed by atoms with Gasteiger partial charge in [-0.25, -0.2) is 9.87 Å². The molecule has 0 fully saturated rings. The van der Waals surface area contributed by atoms with Crippen molar-refractivity contribution in [2.24, 2.45) is 0 Å². The Morgan fingerprint density at radius 2 is 2.14 bits per heavy atom. The third-order valence-electron chi connectivity index (χ3n) is 3.79. The highest BCUT2D eigenvalue weighted by Gasteiger charge is 2.20. The van der Waals surface area contributed by atoms with Gasteiger partial charge in [-0.15, -0.1) is 0 Å². The second kappa shape index (κ2) is 5.94. The fourth-order valence-corrected chi connectivity index (χ4v) is 2.92. The maximum Gasteiger partial charge on any atom is 0.277 e. The molecule has 1 aliphatic rings. The molecule has 1 aliphatic heterocycles. The number of hydrogen-bond donors (Lipinski definition) is 2. The van der Waals surface area contributed by atoms with Gasteiger partial charge in [0.25, 0.3) is 5.91 Å². The third kappa shape index (κ3) is 2.77. The topological polar surface area (TPSA) is 52.6 Å². The number of benzene rings is 2. The summed E-state index contributed by atoms with van der Waals surface area (Å²) in [5.74, 6) is -1.51. The molecule has 0 saturated carbocycles. The Morgan fingerprint density at radius 1 is 1.32 bits per heavy atom. The Balaban J connectivity index is 1.81. The first-order valence-corrected chi connectivity index (χ1v) is 7.22. The molecule has 3 rings (SSSR count). The highest BCUT2D eigenvalue weighted by Crippen LogP contribution is 2.31. The maximum absolute atomic E-state index is 13.9. The van der Waals surface area contributed by atoms with E-state index in [4.69, 9.17) is 16.8 Å². The number of rotatable bonds is 3. The van der Waals surface area contributed by atoms with Crippen LogP contribution in [0.25, 0.3) is 0 Å². The first-order chi connectivity index (χ1) is 10.6. The second-order valence-corrected chi connectivity index (χ2v) is 5.64. The van der Waals surface area contributed by atoms with Crippen molar-refractivity contribution >= 4 is 23.2 Å². The summed E-state index contributed by atoms with van der Waals surface area (Å²) in [4.78, 5) is 13.4. The van der Waals surface area contributed by atoms with Crippen LogP contribution in [0.15, 0.2) is 36.4 Å². The van der Waals surface area contributed by atoms with Crippen LogP contribution in [0.5, 0.6) is 0 Å². The number of carbonyl (C=O) groups is 1. The Hall–Kier alpha value is -2.11. The lowest BCUT2D eigenvalue weighted by molar-refractivity contribution is 0.0702. The second-order valence-electron chi connectivity index (χ2n) is 5.20. The Kier molecular flexibility index (Phi) is 4.00. The van der Waals surface area contributed by atoms with E-state index < -0.39 is 11.7 Å². The minimum Gasteiger partial charge on any atom is -0.367 e. The van der Waals surface area contributed by atoms with Gasteiger partial charge < -0.3 is 4.90 Å². The average molecular weight is 321 g/mol. The van der Waals surface area contributed by atoms with Crippen LogP contribution in [0.2, 0.25) is 5.02 Å². The molecule has 1 heterocycles. The van der Waals surface area contributed by atoms with Gasteiger partial charge in [-0.1, -0.05) is 17.7 Å². The fraction of sp³-hybridized carbons (Fsp3) is 0.188. The van der Waals surface area contributed by atoms with E-state index in [0.29, 0.717) is 11.6 Å². The predicted octanol–water partition coefficient (Wildman–Crippen LogP) is 3.16. The molecule has 2 aromatic rings. The molecule has 22 heavy (non-hydrogen) atoms. The molecule has 0 unspecified atom stereocenters. The monoisotopic (exact) mass is 320 g/mol. The van der Waals surface area contributed by atoms with Crippen molar-refractivity contribution < 1.29 is 14.4 Å². The van der Waals surface area contributed by atoms with Crippen molar-refractivity contribution in [1.82, 2.24) is 5.48 Å². The summed E-state index contributed by atoms with van der Waals surface area (Å²) in [5, 5.41) is 9.27. The lowest BCUT2D eigenvalue weighted by Crippen LogP contribution is -2.22. The SMILES string of the molecule is O=C(NO)c1ccc(CN2CCc3cc(Cl)ccc32)cc1F. The van der Waals surface area contributed by atoms with E-state index in [1.807, 2.05) is 18.2 Å². The summed E-state index contributed by atoms with van der Waals surface area (Å²) in [7, 11) is 0. The van der Waals surface area contributed by atoms with E-state index in [0.717, 1.165) is 24.2 Å². The molecule has 6 heteroatoms. The van der Waals surface area contributed by atoms with Crippen LogP contribution < -0.4 is 10.4 Å². The molecule has 0 atom stereocenters.